The molecule has 1 aliphatic rings. The van der Waals surface area contributed by atoms with Crippen LogP contribution in [0, 0.1) is 5.82 Å². The number of ether oxygens (including phenoxy) is 1. The summed E-state index contributed by atoms with van der Waals surface area (Å²) in [6, 6.07) is 3.62. The minimum Gasteiger partial charge on any atom is -0.508 e. The Labute approximate surface area is 98.4 Å². The van der Waals surface area contributed by atoms with Crippen molar-refractivity contribution in [3.05, 3.63) is 24.0 Å². The molecule has 0 radical (unpaired) electrons. The third-order valence-electron chi connectivity index (χ3n) is 2.66. The Kier molecular flexibility index (Phi) is 3.58. The predicted molar refractivity (Wildman–Crippen MR) is 60.3 cm³/mol. The Morgan fingerprint density at radius 2 is 2.41 bits per heavy atom. The number of benzene rings is 1. The normalized spacial score (nSPS) is 19.2. The molecule has 1 saturated heterocycles. The lowest BCUT2D eigenvalue weighted by Crippen LogP contribution is -2.19. The molecule has 1 aliphatic heterocycles. The van der Waals surface area contributed by atoms with Crippen LogP contribution in [0.15, 0.2) is 18.2 Å². The van der Waals surface area contributed by atoms with Crippen molar-refractivity contribution in [2.45, 2.75) is 25.4 Å². The molecule has 92 valence electrons. The molecule has 0 aromatic heterocycles. The molecular weight excluding hydrogens is 225 g/mol. The molecule has 1 heterocycles. The Balaban J connectivity index is 1.93. The maximum Gasteiger partial charge on any atom is 0.227 e. The topological polar surface area (TPSA) is 58.6 Å². The Hall–Kier alpha value is -1.62. The first-order valence-electron chi connectivity index (χ1n) is 5.55. The fourth-order valence-electron chi connectivity index (χ4n) is 1.82. The van der Waals surface area contributed by atoms with Gasteiger partial charge >= 0.3 is 0 Å². The zero-order valence-corrected chi connectivity index (χ0v) is 9.28. The first-order valence-corrected chi connectivity index (χ1v) is 5.55. The van der Waals surface area contributed by atoms with E-state index in [9.17, 15) is 9.18 Å². The van der Waals surface area contributed by atoms with Crippen LogP contribution in [0.5, 0.6) is 5.75 Å². The van der Waals surface area contributed by atoms with Crippen LogP contribution >= 0.6 is 0 Å². The number of phenols is 1. The lowest BCUT2D eigenvalue weighted by atomic mass is 10.1. The number of hydrogen-bond donors (Lipinski definition) is 2. The van der Waals surface area contributed by atoms with E-state index < -0.39 is 5.82 Å². The number of phenolic OH excluding ortho intramolecular Hbond substituents is 1. The van der Waals surface area contributed by atoms with Gasteiger partial charge in [-0.05, 0) is 25.0 Å². The molecule has 17 heavy (non-hydrogen) atoms. The van der Waals surface area contributed by atoms with Crippen molar-refractivity contribution in [3.63, 3.8) is 0 Å². The van der Waals surface area contributed by atoms with Gasteiger partial charge in [-0.2, -0.15) is 0 Å². The summed E-state index contributed by atoms with van der Waals surface area (Å²) in [4.78, 5) is 11.6. The van der Waals surface area contributed by atoms with E-state index in [2.05, 4.69) is 5.32 Å². The lowest BCUT2D eigenvalue weighted by molar-refractivity contribution is -0.118. The molecule has 4 nitrogen and oxygen atoms in total. The number of aromatic hydroxyl groups is 1. The fourth-order valence-corrected chi connectivity index (χ4v) is 1.82. The number of hydrogen-bond acceptors (Lipinski definition) is 3. The van der Waals surface area contributed by atoms with Gasteiger partial charge in [0.05, 0.1) is 18.2 Å². The summed E-state index contributed by atoms with van der Waals surface area (Å²) in [5.41, 5.74) is 0.0748. The van der Waals surface area contributed by atoms with Gasteiger partial charge in [-0.25, -0.2) is 4.39 Å². The van der Waals surface area contributed by atoms with E-state index in [-0.39, 0.29) is 29.9 Å². The number of nitrogens with one attached hydrogen (secondary N) is 1. The van der Waals surface area contributed by atoms with Crippen molar-refractivity contribution < 1.29 is 19.0 Å². The first-order chi connectivity index (χ1) is 8.15. The molecule has 5 heteroatoms. The average molecular weight is 239 g/mol. The van der Waals surface area contributed by atoms with Gasteiger partial charge in [-0.1, -0.05) is 0 Å². The van der Waals surface area contributed by atoms with Crippen molar-refractivity contribution in [1.82, 2.24) is 0 Å². The predicted octanol–water partition coefficient (Wildman–Crippen LogP) is 2.04. The second-order valence-corrected chi connectivity index (χ2v) is 4.05. The van der Waals surface area contributed by atoms with Crippen LogP contribution in [0.25, 0.3) is 0 Å². The molecule has 1 aromatic carbocycles. The SMILES string of the molecule is O=C(CC1CCCO1)Nc1ccc(O)cc1F. The Morgan fingerprint density at radius 3 is 3.06 bits per heavy atom. The largest absolute Gasteiger partial charge is 0.508 e. The maximum atomic E-state index is 13.3. The highest BCUT2D eigenvalue weighted by Gasteiger charge is 2.19. The minimum atomic E-state index is -0.648. The van der Waals surface area contributed by atoms with E-state index in [0.29, 0.717) is 6.61 Å². The zero-order chi connectivity index (χ0) is 12.3. The third kappa shape index (κ3) is 3.17. The van der Waals surface area contributed by atoms with Gasteiger partial charge < -0.3 is 15.2 Å². The van der Waals surface area contributed by atoms with Crippen LogP contribution in [0.4, 0.5) is 10.1 Å². The third-order valence-corrected chi connectivity index (χ3v) is 2.66. The van der Waals surface area contributed by atoms with E-state index in [1.807, 2.05) is 0 Å². The number of halogens is 1. The number of rotatable bonds is 3. The molecule has 0 spiro atoms. The lowest BCUT2D eigenvalue weighted by Gasteiger charge is -2.10. The van der Waals surface area contributed by atoms with Gasteiger partial charge in [0.2, 0.25) is 5.91 Å². The molecule has 2 N–H and O–H groups in total. The number of anilines is 1. The molecule has 2 rings (SSSR count). The van der Waals surface area contributed by atoms with Crippen molar-refractivity contribution in [2.24, 2.45) is 0 Å². The Bertz CT molecular complexity index is 416. The minimum absolute atomic E-state index is 0.0600. The summed E-state index contributed by atoms with van der Waals surface area (Å²) in [5.74, 6) is -1.09. The van der Waals surface area contributed by atoms with Crippen molar-refractivity contribution >= 4 is 11.6 Å². The van der Waals surface area contributed by atoms with Gasteiger partial charge in [0.15, 0.2) is 0 Å². The molecule has 1 fully saturated rings. The highest BCUT2D eigenvalue weighted by atomic mass is 19.1. The van der Waals surface area contributed by atoms with Crippen LogP contribution in [-0.4, -0.2) is 23.7 Å². The van der Waals surface area contributed by atoms with Crippen LogP contribution in [0.3, 0.4) is 0 Å². The summed E-state index contributed by atoms with van der Waals surface area (Å²) < 4.78 is 18.6. The average Bonchev–Trinajstić information content (AvgIpc) is 2.75. The smallest absolute Gasteiger partial charge is 0.227 e. The molecule has 1 unspecified atom stereocenters. The number of carbonyl (C=O) groups is 1. The second-order valence-electron chi connectivity index (χ2n) is 4.05. The van der Waals surface area contributed by atoms with Gasteiger partial charge in [0.25, 0.3) is 0 Å². The monoisotopic (exact) mass is 239 g/mol. The summed E-state index contributed by atoms with van der Waals surface area (Å²) >= 11 is 0. The Morgan fingerprint density at radius 1 is 1.59 bits per heavy atom. The molecule has 1 amide bonds. The van der Waals surface area contributed by atoms with Gasteiger partial charge in [0.1, 0.15) is 11.6 Å². The van der Waals surface area contributed by atoms with E-state index in [0.717, 1.165) is 18.9 Å². The summed E-state index contributed by atoms with van der Waals surface area (Å²) in [6.45, 7) is 0.686. The van der Waals surface area contributed by atoms with Crippen LogP contribution < -0.4 is 5.32 Å². The standard InChI is InChI=1S/C12H14FNO3/c13-10-6-8(15)3-4-11(10)14-12(16)7-9-2-1-5-17-9/h3-4,6,9,15H,1-2,5,7H2,(H,14,16). The molecule has 1 atom stereocenters. The number of amides is 1. The highest BCUT2D eigenvalue weighted by Crippen LogP contribution is 2.21. The summed E-state index contributed by atoms with van der Waals surface area (Å²) in [7, 11) is 0. The van der Waals surface area contributed by atoms with E-state index >= 15 is 0 Å². The molecule has 0 saturated carbocycles. The first kappa shape index (κ1) is 11.9. The van der Waals surface area contributed by atoms with E-state index in [1.54, 1.807) is 0 Å². The van der Waals surface area contributed by atoms with Crippen molar-refractivity contribution in [2.75, 3.05) is 11.9 Å². The zero-order valence-electron chi connectivity index (χ0n) is 9.28. The van der Waals surface area contributed by atoms with E-state index in [1.165, 1.54) is 12.1 Å². The van der Waals surface area contributed by atoms with E-state index in [4.69, 9.17) is 9.84 Å². The molecule has 0 aliphatic carbocycles. The summed E-state index contributed by atoms with van der Waals surface area (Å²) in [5, 5.41) is 11.5. The van der Waals surface area contributed by atoms with Gasteiger partial charge in [0, 0.05) is 12.7 Å². The summed E-state index contributed by atoms with van der Waals surface area (Å²) in [6.07, 6.45) is 2.01. The molecule has 0 bridgehead atoms. The van der Waals surface area contributed by atoms with Crippen LogP contribution in [-0.2, 0) is 9.53 Å². The molecular formula is C12H14FNO3. The van der Waals surface area contributed by atoms with Crippen molar-refractivity contribution in [1.29, 1.82) is 0 Å². The second kappa shape index (κ2) is 5.14. The van der Waals surface area contributed by atoms with Gasteiger partial charge in [-0.15, -0.1) is 0 Å². The number of carbonyl (C=O) groups excluding carboxylic acids is 1. The molecule has 1 aromatic rings. The highest BCUT2D eigenvalue weighted by molar-refractivity contribution is 5.91. The van der Waals surface area contributed by atoms with Gasteiger partial charge in [-0.3, -0.25) is 4.79 Å². The quantitative estimate of drug-likeness (QED) is 0.793. The maximum absolute atomic E-state index is 13.3. The van der Waals surface area contributed by atoms with Crippen LogP contribution in [0.1, 0.15) is 19.3 Å². The van der Waals surface area contributed by atoms with Crippen molar-refractivity contribution in [3.8, 4) is 5.75 Å². The van der Waals surface area contributed by atoms with Crippen LogP contribution in [0.2, 0.25) is 0 Å². The fraction of sp³-hybridized carbons (Fsp3) is 0.417.